The topological polar surface area (TPSA) is 54.5 Å². The molecule has 1 N–H and O–H groups in total. The van der Waals surface area contributed by atoms with Crippen molar-refractivity contribution in [1.29, 1.82) is 0 Å². The van der Waals surface area contributed by atoms with Crippen LogP contribution in [0.3, 0.4) is 0 Å². The van der Waals surface area contributed by atoms with Crippen molar-refractivity contribution < 1.29 is 9.53 Å². The zero-order valence-corrected chi connectivity index (χ0v) is 10.1. The van der Waals surface area contributed by atoms with Crippen molar-refractivity contribution in [3.05, 3.63) is 24.4 Å². The first-order valence-corrected chi connectivity index (χ1v) is 5.75. The van der Waals surface area contributed by atoms with Gasteiger partial charge in [0.2, 0.25) is 5.91 Å². The van der Waals surface area contributed by atoms with Gasteiger partial charge in [-0.15, -0.1) is 0 Å². The van der Waals surface area contributed by atoms with Gasteiger partial charge in [0.15, 0.2) is 0 Å². The Morgan fingerprint density at radius 2 is 2.35 bits per heavy atom. The van der Waals surface area contributed by atoms with Crippen molar-refractivity contribution in [2.24, 2.45) is 0 Å². The Morgan fingerprint density at radius 1 is 1.53 bits per heavy atom. The van der Waals surface area contributed by atoms with Crippen LogP contribution in [-0.2, 0) is 9.53 Å². The van der Waals surface area contributed by atoms with Crippen LogP contribution in [0.1, 0.15) is 6.92 Å². The Balaban J connectivity index is 2.25. The summed E-state index contributed by atoms with van der Waals surface area (Å²) in [5.74, 6) is 0.687. The van der Waals surface area contributed by atoms with Gasteiger partial charge in [-0.2, -0.15) is 0 Å². The van der Waals surface area contributed by atoms with Crippen LogP contribution in [-0.4, -0.2) is 43.2 Å². The summed E-state index contributed by atoms with van der Waals surface area (Å²) in [5, 5.41) is 3.00. The van der Waals surface area contributed by atoms with Crippen LogP contribution in [0.2, 0.25) is 0 Å². The second kappa shape index (κ2) is 5.25. The fourth-order valence-electron chi connectivity index (χ4n) is 2.00. The molecule has 1 fully saturated rings. The summed E-state index contributed by atoms with van der Waals surface area (Å²) in [4.78, 5) is 18.2. The molecule has 2 rings (SSSR count). The molecule has 92 valence electrons. The summed E-state index contributed by atoms with van der Waals surface area (Å²) in [5.41, 5.74) is 0. The normalized spacial score (nSPS) is 25.8. The van der Waals surface area contributed by atoms with Gasteiger partial charge >= 0.3 is 0 Å². The maximum absolute atomic E-state index is 12.3. The summed E-state index contributed by atoms with van der Waals surface area (Å²) in [6.45, 7) is 2.97. The molecule has 1 saturated heterocycles. The largest absolute Gasteiger partial charge is 0.374 e. The highest BCUT2D eigenvalue weighted by Crippen LogP contribution is 2.15. The van der Waals surface area contributed by atoms with Crippen molar-refractivity contribution in [3.8, 4) is 0 Å². The zero-order valence-electron chi connectivity index (χ0n) is 10.1. The third-order valence-electron chi connectivity index (χ3n) is 2.93. The van der Waals surface area contributed by atoms with Crippen LogP contribution in [0.5, 0.6) is 0 Å². The predicted octanol–water partition coefficient (Wildman–Crippen LogP) is 0.421. The molecule has 2 unspecified atom stereocenters. The van der Waals surface area contributed by atoms with Crippen molar-refractivity contribution in [2.75, 3.05) is 25.1 Å². The summed E-state index contributed by atoms with van der Waals surface area (Å²) < 4.78 is 5.58. The lowest BCUT2D eigenvalue weighted by Crippen LogP contribution is -2.49. The van der Waals surface area contributed by atoms with Crippen LogP contribution < -0.4 is 10.2 Å². The summed E-state index contributed by atoms with van der Waals surface area (Å²) in [6, 6.07) is 5.22. The number of amides is 1. The Bertz CT molecular complexity index is 383. The summed E-state index contributed by atoms with van der Waals surface area (Å²) in [7, 11) is 1.77. The minimum absolute atomic E-state index is 0.0104. The second-order valence-corrected chi connectivity index (χ2v) is 4.02. The number of ether oxygens (including phenoxy) is 1. The molecule has 2 atom stereocenters. The Morgan fingerprint density at radius 3 is 3.00 bits per heavy atom. The molecule has 0 bridgehead atoms. The third-order valence-corrected chi connectivity index (χ3v) is 2.93. The molecule has 1 aliphatic heterocycles. The van der Waals surface area contributed by atoms with Gasteiger partial charge in [0, 0.05) is 6.20 Å². The third kappa shape index (κ3) is 2.45. The van der Waals surface area contributed by atoms with Gasteiger partial charge in [-0.25, -0.2) is 4.98 Å². The zero-order chi connectivity index (χ0) is 12.3. The number of likely N-dealkylation sites (N-methyl/N-ethyl adjacent to an activating group) is 1. The van der Waals surface area contributed by atoms with E-state index >= 15 is 0 Å². The Labute approximate surface area is 101 Å². The molecular weight excluding hydrogens is 218 g/mol. The van der Waals surface area contributed by atoms with Gasteiger partial charge < -0.3 is 10.1 Å². The second-order valence-electron chi connectivity index (χ2n) is 4.02. The smallest absolute Gasteiger partial charge is 0.248 e. The lowest BCUT2D eigenvalue weighted by atomic mass is 10.1. The van der Waals surface area contributed by atoms with Gasteiger partial charge in [-0.05, 0) is 26.1 Å². The molecule has 1 aromatic heterocycles. The van der Waals surface area contributed by atoms with Crippen molar-refractivity contribution in [2.45, 2.75) is 19.1 Å². The molecule has 0 spiro atoms. The highest BCUT2D eigenvalue weighted by molar-refractivity contribution is 5.97. The molecular formula is C12H17N3O2. The number of anilines is 1. The number of carbonyl (C=O) groups excluding carboxylic acids is 1. The number of nitrogens with zero attached hydrogens (tertiary/aromatic N) is 2. The van der Waals surface area contributed by atoms with E-state index in [1.807, 2.05) is 25.1 Å². The van der Waals surface area contributed by atoms with E-state index in [1.165, 1.54) is 0 Å². The average Bonchev–Trinajstić information content (AvgIpc) is 2.49. The highest BCUT2D eigenvalue weighted by atomic mass is 16.5. The van der Waals surface area contributed by atoms with Crippen LogP contribution in [0, 0.1) is 0 Å². The molecule has 5 heteroatoms. The van der Waals surface area contributed by atoms with E-state index in [-0.39, 0.29) is 18.1 Å². The minimum Gasteiger partial charge on any atom is -0.374 e. The molecule has 2 heterocycles. The number of rotatable bonds is 2. The van der Waals surface area contributed by atoms with Crippen LogP contribution in [0.4, 0.5) is 5.82 Å². The maximum atomic E-state index is 12.3. The first-order chi connectivity index (χ1) is 8.24. The summed E-state index contributed by atoms with van der Waals surface area (Å²) >= 11 is 0. The quantitative estimate of drug-likeness (QED) is 0.807. The molecule has 0 saturated carbocycles. The van der Waals surface area contributed by atoms with E-state index in [1.54, 1.807) is 18.1 Å². The van der Waals surface area contributed by atoms with Crippen molar-refractivity contribution >= 4 is 11.7 Å². The standard InChI is InChI=1S/C12H17N3O2/c1-9-11(13-2)12(16)15(7-8-17-9)10-5-3-4-6-14-10/h3-6,9,11,13H,7-8H2,1-2H3. The molecule has 5 nitrogen and oxygen atoms in total. The fourth-order valence-corrected chi connectivity index (χ4v) is 2.00. The minimum atomic E-state index is -0.320. The number of hydrogen-bond donors (Lipinski definition) is 1. The maximum Gasteiger partial charge on any atom is 0.248 e. The van der Waals surface area contributed by atoms with Crippen molar-refractivity contribution in [1.82, 2.24) is 10.3 Å². The molecule has 1 amide bonds. The SMILES string of the molecule is CNC1C(=O)N(c2ccccn2)CCOC1C. The van der Waals surface area contributed by atoms with E-state index in [0.29, 0.717) is 19.0 Å². The number of carbonyl (C=O) groups is 1. The number of pyridine rings is 1. The Hall–Kier alpha value is -1.46. The van der Waals surface area contributed by atoms with Gasteiger partial charge in [0.05, 0.1) is 19.3 Å². The van der Waals surface area contributed by atoms with Gasteiger partial charge in [-0.3, -0.25) is 9.69 Å². The molecule has 0 radical (unpaired) electrons. The van der Waals surface area contributed by atoms with E-state index in [9.17, 15) is 4.79 Å². The monoisotopic (exact) mass is 235 g/mol. The van der Waals surface area contributed by atoms with Crippen LogP contribution in [0.15, 0.2) is 24.4 Å². The van der Waals surface area contributed by atoms with E-state index < -0.39 is 0 Å². The average molecular weight is 235 g/mol. The van der Waals surface area contributed by atoms with Gasteiger partial charge in [-0.1, -0.05) is 6.07 Å². The fraction of sp³-hybridized carbons (Fsp3) is 0.500. The molecule has 0 aliphatic carbocycles. The van der Waals surface area contributed by atoms with Gasteiger partial charge in [0.1, 0.15) is 11.9 Å². The summed E-state index contributed by atoms with van der Waals surface area (Å²) in [6.07, 6.45) is 1.56. The van der Waals surface area contributed by atoms with Crippen LogP contribution >= 0.6 is 0 Å². The van der Waals surface area contributed by atoms with E-state index in [2.05, 4.69) is 10.3 Å². The first-order valence-electron chi connectivity index (χ1n) is 5.75. The first kappa shape index (κ1) is 12.0. The Kier molecular flexibility index (Phi) is 3.71. The highest BCUT2D eigenvalue weighted by Gasteiger charge is 2.32. The molecule has 1 aliphatic rings. The molecule has 17 heavy (non-hydrogen) atoms. The van der Waals surface area contributed by atoms with Gasteiger partial charge in [0.25, 0.3) is 0 Å². The van der Waals surface area contributed by atoms with Crippen molar-refractivity contribution in [3.63, 3.8) is 0 Å². The molecule has 0 aromatic carbocycles. The van der Waals surface area contributed by atoms with Crippen LogP contribution in [0.25, 0.3) is 0 Å². The van der Waals surface area contributed by atoms with E-state index in [0.717, 1.165) is 0 Å². The number of nitrogens with one attached hydrogen (secondary N) is 1. The number of hydrogen-bond acceptors (Lipinski definition) is 4. The lowest BCUT2D eigenvalue weighted by Gasteiger charge is -2.24. The lowest BCUT2D eigenvalue weighted by molar-refractivity contribution is -0.122. The predicted molar refractivity (Wildman–Crippen MR) is 64.9 cm³/mol. The molecule has 1 aromatic rings. The van der Waals surface area contributed by atoms with E-state index in [4.69, 9.17) is 4.74 Å². The number of aromatic nitrogens is 1.